The van der Waals surface area contributed by atoms with Crippen molar-refractivity contribution in [2.45, 2.75) is 0 Å². The molecule has 0 rings (SSSR count). The Morgan fingerprint density at radius 1 is 1.00 bits per heavy atom. The van der Waals surface area contributed by atoms with E-state index in [1.54, 1.807) is 0 Å². The van der Waals surface area contributed by atoms with Crippen molar-refractivity contribution in [3.8, 4) is 0 Å². The van der Waals surface area contributed by atoms with Crippen LogP contribution in [0.25, 0.3) is 0 Å². The minimum absolute atomic E-state index is 0. The molecule has 0 aliphatic rings. The summed E-state index contributed by atoms with van der Waals surface area (Å²) >= 11 is 14.2. The molecule has 0 aliphatic carbocycles. The molecule has 6 heavy (non-hydrogen) atoms. The minimum Gasteiger partial charge on any atom is -0.358 e. The molecule has 0 bridgehead atoms. The van der Waals surface area contributed by atoms with Crippen molar-refractivity contribution in [1.82, 2.24) is 0 Å². The summed E-state index contributed by atoms with van der Waals surface area (Å²) in [5, 5.41) is 0. The molecule has 0 fully saturated rings. The van der Waals surface area contributed by atoms with E-state index in [4.69, 9.17) is 34.8 Å². The molecule has 0 saturated carbocycles. The van der Waals surface area contributed by atoms with Gasteiger partial charge >= 0.3 is 21.7 Å². The van der Waals surface area contributed by atoms with Crippen LogP contribution in [0.2, 0.25) is 0 Å². The first-order chi connectivity index (χ1) is 1.73. The van der Waals surface area contributed by atoms with E-state index in [9.17, 15) is 0 Å². The van der Waals surface area contributed by atoms with E-state index >= 15 is 0 Å². The van der Waals surface area contributed by atoms with E-state index in [1.165, 1.54) is 0 Å². The summed E-state index contributed by atoms with van der Waals surface area (Å²) in [6.07, 6.45) is 0. The monoisotopic (exact) mass is 180 g/mol. The predicted molar refractivity (Wildman–Crippen MR) is 27.2 cm³/mol. The third-order valence-corrected chi connectivity index (χ3v) is 0. The molecule has 0 spiro atoms. The zero-order valence-electron chi connectivity index (χ0n) is 3.13. The third-order valence-electron chi connectivity index (χ3n) is 0. The fourth-order valence-electron chi connectivity index (χ4n) is 0. The summed E-state index contributed by atoms with van der Waals surface area (Å²) in [5.41, 5.74) is 0. The van der Waals surface area contributed by atoms with Crippen molar-refractivity contribution >= 4 is 34.8 Å². The van der Waals surface area contributed by atoms with Crippen LogP contribution >= 0.6 is 34.8 Å². The standard InChI is InChI=1S/CCl3.CH3.Ti/c2-1(3)4;;/h;1H3;/q2*-1;+2. The smallest absolute Gasteiger partial charge is 0.358 e. The molecule has 36 valence electrons. The van der Waals surface area contributed by atoms with E-state index in [0.717, 1.165) is 0 Å². The Morgan fingerprint density at radius 2 is 1.00 bits per heavy atom. The van der Waals surface area contributed by atoms with Gasteiger partial charge in [0.1, 0.15) is 0 Å². The molecule has 0 amide bonds. The molecule has 0 N–H and O–H groups in total. The minimum atomic E-state index is -0.167. The summed E-state index contributed by atoms with van der Waals surface area (Å²) in [6, 6.07) is 0. The Balaban J connectivity index is -0.0000000450. The quantitative estimate of drug-likeness (QED) is 0.398. The maximum Gasteiger partial charge on any atom is 2.00 e. The van der Waals surface area contributed by atoms with Crippen LogP contribution in [0.3, 0.4) is 0 Å². The Kier molecular flexibility index (Phi) is 25.5. The largest absolute Gasteiger partial charge is 2.00 e. The SMILES string of the molecule is Cl[C-](Cl)Cl.[CH3-].[Ti+2]. The van der Waals surface area contributed by atoms with Gasteiger partial charge in [0, 0.05) is 0 Å². The number of hydrogen-bond acceptors (Lipinski definition) is 0. The normalized spacial score (nSPS) is 6.00. The van der Waals surface area contributed by atoms with Gasteiger partial charge in [0.15, 0.2) is 0 Å². The van der Waals surface area contributed by atoms with E-state index in [-0.39, 0.29) is 33.4 Å². The number of rotatable bonds is 0. The first-order valence-corrected chi connectivity index (χ1v) is 1.70. The molecular weight excluding hydrogens is 178 g/mol. The van der Waals surface area contributed by atoms with Crippen LogP contribution in [0.15, 0.2) is 0 Å². The fourth-order valence-corrected chi connectivity index (χ4v) is 0. The molecule has 0 saturated heterocycles. The molecule has 0 unspecified atom stereocenters. The van der Waals surface area contributed by atoms with Gasteiger partial charge < -0.3 is 42.2 Å². The van der Waals surface area contributed by atoms with Gasteiger partial charge in [-0.25, -0.2) is 0 Å². The zero-order chi connectivity index (χ0) is 3.58. The average Bonchev–Trinajstić information content (AvgIpc) is 0.811. The molecule has 0 radical (unpaired) electrons. The average molecular weight is 181 g/mol. The number of halogens is 3. The third kappa shape index (κ3) is 46.8. The molecule has 0 atom stereocenters. The van der Waals surface area contributed by atoms with Crippen molar-refractivity contribution in [2.24, 2.45) is 0 Å². The zero-order valence-corrected chi connectivity index (χ0v) is 6.96. The van der Waals surface area contributed by atoms with E-state index < -0.39 is 0 Å². The molecule has 0 nitrogen and oxygen atoms in total. The molecular formula is C2H3Cl3Ti. The van der Waals surface area contributed by atoms with Crippen LogP contribution < -0.4 is 0 Å². The Labute approximate surface area is 68.0 Å². The van der Waals surface area contributed by atoms with Gasteiger partial charge in [-0.15, -0.1) is 0 Å². The molecule has 0 heterocycles. The Morgan fingerprint density at radius 3 is 1.00 bits per heavy atom. The topological polar surface area (TPSA) is 0 Å². The Hall–Kier alpha value is 1.58. The maximum atomic E-state index is 4.72. The molecule has 0 aromatic carbocycles. The van der Waals surface area contributed by atoms with Crippen molar-refractivity contribution < 1.29 is 21.7 Å². The van der Waals surface area contributed by atoms with Crippen molar-refractivity contribution in [2.75, 3.05) is 0 Å². The first kappa shape index (κ1) is 15.6. The summed E-state index contributed by atoms with van der Waals surface area (Å²) in [5.74, 6) is 0. The van der Waals surface area contributed by atoms with Crippen molar-refractivity contribution in [3.63, 3.8) is 0 Å². The van der Waals surface area contributed by atoms with E-state index in [1.807, 2.05) is 0 Å². The second-order valence-corrected chi connectivity index (χ2v) is 1.93. The maximum absolute atomic E-state index is 4.72. The summed E-state index contributed by atoms with van der Waals surface area (Å²) in [7, 11) is 0. The second-order valence-electron chi connectivity index (χ2n) is 0.214. The second kappa shape index (κ2) is 9.77. The van der Waals surface area contributed by atoms with Crippen LogP contribution in [0, 0.1) is 11.7 Å². The molecule has 0 aromatic heterocycles. The van der Waals surface area contributed by atoms with Crippen LogP contribution in [-0.4, -0.2) is 0 Å². The van der Waals surface area contributed by atoms with Gasteiger partial charge in [-0.05, 0) is 0 Å². The summed E-state index contributed by atoms with van der Waals surface area (Å²) < 4.78 is -0.167. The van der Waals surface area contributed by atoms with Gasteiger partial charge in [0.2, 0.25) is 0 Å². The van der Waals surface area contributed by atoms with Crippen LogP contribution in [0.1, 0.15) is 0 Å². The van der Waals surface area contributed by atoms with E-state index in [0.29, 0.717) is 0 Å². The van der Waals surface area contributed by atoms with Gasteiger partial charge in [0.05, 0.1) is 0 Å². The van der Waals surface area contributed by atoms with Crippen molar-refractivity contribution in [1.29, 1.82) is 0 Å². The summed E-state index contributed by atoms with van der Waals surface area (Å²) in [6.45, 7) is 0. The van der Waals surface area contributed by atoms with Gasteiger partial charge in [-0.1, -0.05) is 4.30 Å². The van der Waals surface area contributed by atoms with Crippen LogP contribution in [0.5, 0.6) is 0 Å². The van der Waals surface area contributed by atoms with Gasteiger partial charge in [-0.3, -0.25) is 0 Å². The molecule has 0 aromatic rings. The predicted octanol–water partition coefficient (Wildman–Crippen LogP) is 2.60. The molecule has 0 aliphatic heterocycles. The van der Waals surface area contributed by atoms with E-state index in [2.05, 4.69) is 0 Å². The van der Waals surface area contributed by atoms with Gasteiger partial charge in [-0.2, -0.15) is 0 Å². The molecule has 4 heteroatoms. The number of hydrogen-bond donors (Lipinski definition) is 0. The fraction of sp³-hybridized carbons (Fsp3) is 0. The van der Waals surface area contributed by atoms with Crippen LogP contribution in [0.4, 0.5) is 0 Å². The summed E-state index contributed by atoms with van der Waals surface area (Å²) in [4.78, 5) is 0. The Bertz CT molecular complexity index is 13.5. The van der Waals surface area contributed by atoms with Gasteiger partial charge in [0.25, 0.3) is 0 Å². The first-order valence-electron chi connectivity index (χ1n) is 0.567. The van der Waals surface area contributed by atoms with Crippen LogP contribution in [-0.2, 0) is 21.7 Å². The van der Waals surface area contributed by atoms with Crippen molar-refractivity contribution in [3.05, 3.63) is 11.7 Å².